The number of carbonyl (C=O) groups excluding carboxylic acids is 2. The van der Waals surface area contributed by atoms with Gasteiger partial charge in [0, 0.05) is 0 Å². The Kier molecular flexibility index (Phi) is 9.21. The molecule has 0 radical (unpaired) electrons. The normalized spacial score (nSPS) is 14.4. The highest BCUT2D eigenvalue weighted by molar-refractivity contribution is 5.89. The summed E-state index contributed by atoms with van der Waals surface area (Å²) in [5.74, 6) is -1.29. The second-order valence-corrected chi connectivity index (χ2v) is 15.4. The van der Waals surface area contributed by atoms with Gasteiger partial charge in [0.05, 0.1) is 11.8 Å². The second-order valence-electron chi connectivity index (χ2n) is 15.4. The van der Waals surface area contributed by atoms with Crippen molar-refractivity contribution in [2.24, 2.45) is 0 Å². The first kappa shape index (κ1) is 33.2. The minimum atomic E-state index is -0.563. The van der Waals surface area contributed by atoms with Gasteiger partial charge in [0.2, 0.25) is 11.8 Å². The van der Waals surface area contributed by atoms with Crippen LogP contribution in [0.1, 0.15) is 142 Å². The lowest BCUT2D eigenvalue weighted by Gasteiger charge is -2.29. The van der Waals surface area contributed by atoms with Crippen molar-refractivity contribution in [3.05, 3.63) is 57.6 Å². The van der Waals surface area contributed by atoms with Gasteiger partial charge in [0.25, 0.3) is 0 Å². The van der Waals surface area contributed by atoms with Crippen LogP contribution < -0.4 is 10.9 Å². The molecule has 2 amide bonds. The standard InChI is InChI=1S/C34H52N2O4/c1-19(21-15-23(31(3,4)5)27(37)24(16-21)32(6,7)8)29(39)35-36-30(40)20(2)22-17-25(33(9,10)11)28(38)26(18-22)34(12,13)14/h15-20,37-38H,1-14H3,(H,35,39)(H,36,40). The van der Waals surface area contributed by atoms with Crippen LogP contribution in [0.15, 0.2) is 24.3 Å². The van der Waals surface area contributed by atoms with E-state index in [4.69, 9.17) is 0 Å². The number of nitrogens with one attached hydrogen (secondary N) is 2. The first-order valence-electron chi connectivity index (χ1n) is 14.2. The Labute approximate surface area is 241 Å². The van der Waals surface area contributed by atoms with Crippen LogP contribution in [-0.2, 0) is 31.2 Å². The monoisotopic (exact) mass is 552 g/mol. The minimum Gasteiger partial charge on any atom is -0.507 e. The van der Waals surface area contributed by atoms with E-state index in [0.29, 0.717) is 0 Å². The molecule has 0 heterocycles. The van der Waals surface area contributed by atoms with Gasteiger partial charge in [-0.25, -0.2) is 0 Å². The number of hydrogen-bond donors (Lipinski definition) is 4. The van der Waals surface area contributed by atoms with Gasteiger partial charge in [-0.1, -0.05) is 107 Å². The molecule has 6 heteroatoms. The molecule has 0 aliphatic rings. The van der Waals surface area contributed by atoms with Gasteiger partial charge >= 0.3 is 0 Å². The summed E-state index contributed by atoms with van der Waals surface area (Å²) in [7, 11) is 0. The van der Waals surface area contributed by atoms with Gasteiger partial charge in [-0.2, -0.15) is 0 Å². The highest BCUT2D eigenvalue weighted by atomic mass is 16.3. The quantitative estimate of drug-likeness (QED) is 0.298. The van der Waals surface area contributed by atoms with Crippen molar-refractivity contribution >= 4 is 11.8 Å². The van der Waals surface area contributed by atoms with E-state index < -0.39 is 11.8 Å². The zero-order valence-electron chi connectivity index (χ0n) is 27.2. The van der Waals surface area contributed by atoms with Crippen molar-refractivity contribution in [3.8, 4) is 11.5 Å². The molecule has 0 saturated carbocycles. The van der Waals surface area contributed by atoms with E-state index in [2.05, 4.69) is 10.9 Å². The molecule has 4 N–H and O–H groups in total. The van der Waals surface area contributed by atoms with Crippen molar-refractivity contribution in [2.45, 2.75) is 130 Å². The Bertz CT molecular complexity index is 1100. The lowest BCUT2D eigenvalue weighted by molar-refractivity contribution is -0.130. The third-order valence-corrected chi connectivity index (χ3v) is 7.59. The van der Waals surface area contributed by atoms with E-state index in [9.17, 15) is 19.8 Å². The number of hydrazine groups is 1. The maximum absolute atomic E-state index is 13.2. The van der Waals surface area contributed by atoms with E-state index >= 15 is 0 Å². The summed E-state index contributed by atoms with van der Waals surface area (Å²) < 4.78 is 0. The Morgan fingerprint density at radius 3 is 0.900 bits per heavy atom. The molecule has 0 spiro atoms. The molecular weight excluding hydrogens is 500 g/mol. The largest absolute Gasteiger partial charge is 0.507 e. The number of aromatic hydroxyl groups is 2. The van der Waals surface area contributed by atoms with Crippen molar-refractivity contribution < 1.29 is 19.8 Å². The zero-order chi connectivity index (χ0) is 31.2. The Balaban J connectivity index is 2.34. The summed E-state index contributed by atoms with van der Waals surface area (Å²) in [6.45, 7) is 28.0. The summed E-state index contributed by atoms with van der Waals surface area (Å²) >= 11 is 0. The molecule has 2 aromatic rings. The highest BCUT2D eigenvalue weighted by Gasteiger charge is 2.31. The Hall–Kier alpha value is -3.02. The maximum atomic E-state index is 13.2. The molecule has 0 aliphatic carbocycles. The number of phenolic OH excluding ortho intramolecular Hbond substituents is 2. The molecule has 40 heavy (non-hydrogen) atoms. The van der Waals surface area contributed by atoms with Gasteiger partial charge in [0.1, 0.15) is 11.5 Å². The van der Waals surface area contributed by atoms with E-state index in [1.807, 2.05) is 107 Å². The molecule has 0 saturated heterocycles. The minimum absolute atomic E-state index is 0.261. The fraction of sp³-hybridized carbons (Fsp3) is 0.588. The fourth-order valence-corrected chi connectivity index (χ4v) is 4.74. The number of carbonyl (C=O) groups is 2. The molecular formula is C34H52N2O4. The molecule has 2 atom stereocenters. The summed E-state index contributed by atoms with van der Waals surface area (Å²) in [5, 5.41) is 22.1. The molecule has 0 aliphatic heterocycles. The number of hydrogen-bond acceptors (Lipinski definition) is 4. The number of rotatable bonds is 4. The molecule has 0 bridgehead atoms. The van der Waals surface area contributed by atoms with Crippen LogP contribution in [0.4, 0.5) is 0 Å². The van der Waals surface area contributed by atoms with E-state index in [1.165, 1.54) is 0 Å². The van der Waals surface area contributed by atoms with Crippen LogP contribution in [0.5, 0.6) is 11.5 Å². The summed E-state index contributed by atoms with van der Waals surface area (Å²) in [4.78, 5) is 26.4. The van der Waals surface area contributed by atoms with E-state index in [0.717, 1.165) is 33.4 Å². The van der Waals surface area contributed by atoms with Crippen molar-refractivity contribution in [2.75, 3.05) is 0 Å². The van der Waals surface area contributed by atoms with Gasteiger partial charge in [-0.15, -0.1) is 0 Å². The number of amides is 2. The predicted octanol–water partition coefficient (Wildman–Crippen LogP) is 7.34. The molecule has 0 aromatic heterocycles. The van der Waals surface area contributed by atoms with Gasteiger partial charge in [-0.3, -0.25) is 20.4 Å². The van der Waals surface area contributed by atoms with Crippen molar-refractivity contribution in [1.82, 2.24) is 10.9 Å². The van der Waals surface area contributed by atoms with Gasteiger partial charge < -0.3 is 10.2 Å². The number of benzene rings is 2. The predicted molar refractivity (Wildman–Crippen MR) is 164 cm³/mol. The summed E-state index contributed by atoms with van der Waals surface area (Å²) in [5.41, 5.74) is 8.63. The highest BCUT2D eigenvalue weighted by Crippen LogP contribution is 2.42. The average molecular weight is 553 g/mol. The third-order valence-electron chi connectivity index (χ3n) is 7.59. The Morgan fingerprint density at radius 2 is 0.725 bits per heavy atom. The average Bonchev–Trinajstić information content (AvgIpc) is 2.78. The third kappa shape index (κ3) is 7.38. The van der Waals surface area contributed by atoms with Crippen LogP contribution >= 0.6 is 0 Å². The molecule has 2 unspecified atom stereocenters. The summed E-state index contributed by atoms with van der Waals surface area (Å²) in [6, 6.07) is 7.55. The molecule has 2 rings (SSSR count). The second kappa shape index (κ2) is 11.1. The van der Waals surface area contributed by atoms with E-state index in [1.54, 1.807) is 13.8 Å². The van der Waals surface area contributed by atoms with E-state index in [-0.39, 0.29) is 45.0 Å². The SMILES string of the molecule is CC(C(=O)NNC(=O)C(C)c1cc(C(C)(C)C)c(O)c(C(C)(C)C)c1)c1cc(C(C)(C)C)c(O)c(C(C)(C)C)c1. The molecule has 222 valence electrons. The van der Waals surface area contributed by atoms with Crippen LogP contribution in [0.25, 0.3) is 0 Å². The smallest absolute Gasteiger partial charge is 0.245 e. The lowest BCUT2D eigenvalue weighted by atomic mass is 9.77. The van der Waals surface area contributed by atoms with Crippen LogP contribution in [0, 0.1) is 0 Å². The van der Waals surface area contributed by atoms with Crippen LogP contribution in [0.3, 0.4) is 0 Å². The lowest BCUT2D eigenvalue weighted by Crippen LogP contribution is -2.45. The fourth-order valence-electron chi connectivity index (χ4n) is 4.74. The first-order valence-corrected chi connectivity index (χ1v) is 14.2. The summed E-state index contributed by atoms with van der Waals surface area (Å²) in [6.07, 6.45) is 0. The molecule has 0 fully saturated rings. The van der Waals surface area contributed by atoms with Crippen molar-refractivity contribution in [1.29, 1.82) is 0 Å². The zero-order valence-corrected chi connectivity index (χ0v) is 27.2. The topological polar surface area (TPSA) is 98.7 Å². The van der Waals surface area contributed by atoms with Crippen LogP contribution in [-0.4, -0.2) is 22.0 Å². The first-order chi connectivity index (χ1) is 17.9. The van der Waals surface area contributed by atoms with Gasteiger partial charge in [-0.05, 0) is 68.9 Å². The van der Waals surface area contributed by atoms with Crippen LogP contribution in [0.2, 0.25) is 0 Å². The number of phenols is 2. The van der Waals surface area contributed by atoms with Gasteiger partial charge in [0.15, 0.2) is 0 Å². The Morgan fingerprint density at radius 1 is 0.525 bits per heavy atom. The molecule has 6 nitrogen and oxygen atoms in total. The van der Waals surface area contributed by atoms with Crippen molar-refractivity contribution in [3.63, 3.8) is 0 Å². The maximum Gasteiger partial charge on any atom is 0.245 e. The molecule has 2 aromatic carbocycles.